The Kier molecular flexibility index (Phi) is 7.33. The lowest BCUT2D eigenvalue weighted by molar-refractivity contribution is -0.151. The molecule has 0 aromatic heterocycles. The third-order valence-electron chi connectivity index (χ3n) is 7.56. The molecule has 2 saturated heterocycles. The highest BCUT2D eigenvalue weighted by Crippen LogP contribution is 2.44. The van der Waals surface area contributed by atoms with Crippen molar-refractivity contribution in [2.24, 2.45) is 5.92 Å². The van der Waals surface area contributed by atoms with E-state index in [1.807, 2.05) is 13.0 Å². The average Bonchev–Trinajstić information content (AvgIpc) is 3.18. The fourth-order valence-electron chi connectivity index (χ4n) is 5.46. The van der Waals surface area contributed by atoms with Gasteiger partial charge in [0.1, 0.15) is 5.66 Å². The molecule has 3 aliphatic rings. The minimum atomic E-state index is -0.819. The van der Waals surface area contributed by atoms with E-state index in [-0.39, 0.29) is 55.0 Å². The molecule has 10 heteroatoms. The molecule has 1 unspecified atom stereocenters. The van der Waals surface area contributed by atoms with Crippen molar-refractivity contribution in [3.63, 3.8) is 0 Å². The number of benzene rings is 1. The van der Waals surface area contributed by atoms with Gasteiger partial charge in [0, 0.05) is 39.5 Å². The summed E-state index contributed by atoms with van der Waals surface area (Å²) in [7, 11) is 1.58. The van der Waals surface area contributed by atoms with E-state index >= 15 is 0 Å². The first-order valence-electron chi connectivity index (χ1n) is 12.6. The highest BCUT2D eigenvalue weighted by molar-refractivity contribution is 6.10. The first kappa shape index (κ1) is 25.7. The third-order valence-corrected chi connectivity index (χ3v) is 7.56. The number of ether oxygens (including phenoxy) is 1. The van der Waals surface area contributed by atoms with Gasteiger partial charge in [0.25, 0.3) is 5.91 Å². The van der Waals surface area contributed by atoms with Gasteiger partial charge in [0.2, 0.25) is 17.7 Å². The maximum Gasteiger partial charge on any atom is 0.309 e. The van der Waals surface area contributed by atoms with E-state index < -0.39 is 5.66 Å². The van der Waals surface area contributed by atoms with E-state index in [2.05, 4.69) is 0 Å². The number of amides is 4. The zero-order valence-electron chi connectivity index (χ0n) is 21.2. The van der Waals surface area contributed by atoms with Crippen molar-refractivity contribution in [3.8, 4) is 0 Å². The second-order valence-corrected chi connectivity index (χ2v) is 9.83. The van der Waals surface area contributed by atoms with Crippen molar-refractivity contribution in [2.45, 2.75) is 51.6 Å². The molecule has 4 rings (SSSR count). The van der Waals surface area contributed by atoms with E-state index in [4.69, 9.17) is 4.74 Å². The zero-order chi connectivity index (χ0) is 26.0. The van der Waals surface area contributed by atoms with E-state index in [1.165, 1.54) is 4.90 Å². The van der Waals surface area contributed by atoms with Crippen LogP contribution in [0.5, 0.6) is 0 Å². The molecule has 0 aliphatic carbocycles. The standard InChI is InChI=1S/C26H34N4O6/c1-4-36-25(35)18-10-14-28(15-11-18)23(33)17-27(3)21(31)12-16-29-24(34)19-7-5-6-8-20(19)30-22(32)9-13-26(29,30)2/h5-8,18H,4,9-17H2,1-3H3. The van der Waals surface area contributed by atoms with Crippen LogP contribution in [0.3, 0.4) is 0 Å². The fraction of sp³-hybridized carbons (Fsp3) is 0.577. The maximum absolute atomic E-state index is 13.3. The zero-order valence-corrected chi connectivity index (χ0v) is 21.2. The number of hydrogen-bond acceptors (Lipinski definition) is 6. The highest BCUT2D eigenvalue weighted by atomic mass is 16.5. The number of rotatable bonds is 7. The van der Waals surface area contributed by atoms with E-state index in [9.17, 15) is 24.0 Å². The van der Waals surface area contributed by atoms with Crippen molar-refractivity contribution in [1.29, 1.82) is 0 Å². The summed E-state index contributed by atoms with van der Waals surface area (Å²) in [6.45, 7) is 4.96. The van der Waals surface area contributed by atoms with Gasteiger partial charge >= 0.3 is 5.97 Å². The van der Waals surface area contributed by atoms with Gasteiger partial charge in [-0.25, -0.2) is 0 Å². The van der Waals surface area contributed by atoms with Crippen LogP contribution in [0.4, 0.5) is 5.69 Å². The largest absolute Gasteiger partial charge is 0.466 e. The number of piperidine rings is 1. The van der Waals surface area contributed by atoms with Crippen LogP contribution in [0.25, 0.3) is 0 Å². The number of carbonyl (C=O) groups excluding carboxylic acids is 5. The number of fused-ring (bicyclic) bond motifs is 3. The van der Waals surface area contributed by atoms with E-state index in [0.29, 0.717) is 56.6 Å². The number of anilines is 1. The summed E-state index contributed by atoms with van der Waals surface area (Å²) in [6, 6.07) is 7.06. The monoisotopic (exact) mass is 498 g/mol. The number of nitrogens with zero attached hydrogens (tertiary/aromatic N) is 4. The van der Waals surface area contributed by atoms with Gasteiger partial charge in [-0.2, -0.15) is 0 Å². The molecule has 3 aliphatic heterocycles. The van der Waals surface area contributed by atoms with E-state index in [1.54, 1.807) is 46.9 Å². The molecule has 36 heavy (non-hydrogen) atoms. The smallest absolute Gasteiger partial charge is 0.309 e. The topological polar surface area (TPSA) is 108 Å². The molecule has 0 radical (unpaired) electrons. The molecule has 0 N–H and O–H groups in total. The van der Waals surface area contributed by atoms with E-state index in [0.717, 1.165) is 0 Å². The maximum atomic E-state index is 13.3. The van der Waals surface area contributed by atoms with Gasteiger partial charge in [-0.1, -0.05) is 12.1 Å². The molecule has 1 aromatic carbocycles. The molecule has 10 nitrogen and oxygen atoms in total. The van der Waals surface area contributed by atoms with Gasteiger partial charge in [-0.15, -0.1) is 0 Å². The fourth-order valence-corrected chi connectivity index (χ4v) is 5.46. The minimum Gasteiger partial charge on any atom is -0.466 e. The summed E-state index contributed by atoms with van der Waals surface area (Å²) >= 11 is 0. The number of likely N-dealkylation sites (N-methyl/N-ethyl adjacent to an activating group) is 1. The second-order valence-electron chi connectivity index (χ2n) is 9.83. The molecule has 1 atom stereocenters. The van der Waals surface area contributed by atoms with Gasteiger partial charge in [0.05, 0.1) is 30.3 Å². The Morgan fingerprint density at radius 3 is 2.53 bits per heavy atom. The lowest BCUT2D eigenvalue weighted by Gasteiger charge is -2.48. The lowest BCUT2D eigenvalue weighted by Crippen LogP contribution is -2.62. The predicted molar refractivity (Wildman–Crippen MR) is 131 cm³/mol. The summed E-state index contributed by atoms with van der Waals surface area (Å²) in [6.07, 6.45) is 1.98. The molecule has 194 valence electrons. The average molecular weight is 499 g/mol. The first-order chi connectivity index (χ1) is 17.2. The molecule has 0 spiro atoms. The molecule has 2 fully saturated rings. The Balaban J connectivity index is 1.34. The molecule has 0 saturated carbocycles. The lowest BCUT2D eigenvalue weighted by atomic mass is 9.97. The quantitative estimate of drug-likeness (QED) is 0.529. The molecule has 1 aromatic rings. The Morgan fingerprint density at radius 2 is 1.83 bits per heavy atom. The van der Waals surface area contributed by atoms with Crippen LogP contribution in [0, 0.1) is 5.92 Å². The van der Waals surface area contributed by atoms with Crippen LogP contribution in [-0.2, 0) is 23.9 Å². The molecule has 4 amide bonds. The summed E-state index contributed by atoms with van der Waals surface area (Å²) in [5.41, 5.74) is 0.248. The Morgan fingerprint density at radius 1 is 1.14 bits per heavy atom. The van der Waals surface area contributed by atoms with Crippen molar-refractivity contribution in [2.75, 3.05) is 44.7 Å². The van der Waals surface area contributed by atoms with Crippen molar-refractivity contribution < 1.29 is 28.7 Å². The third kappa shape index (κ3) is 4.68. The number of hydrogen-bond donors (Lipinski definition) is 0. The van der Waals surface area contributed by atoms with Crippen molar-refractivity contribution >= 4 is 35.3 Å². The van der Waals surface area contributed by atoms with Crippen LogP contribution in [0.2, 0.25) is 0 Å². The summed E-state index contributed by atoms with van der Waals surface area (Å²) in [5, 5.41) is 0. The van der Waals surface area contributed by atoms with Crippen molar-refractivity contribution in [1.82, 2.24) is 14.7 Å². The first-order valence-corrected chi connectivity index (χ1v) is 12.6. The number of esters is 1. The Hall–Kier alpha value is -3.43. The Bertz CT molecular complexity index is 1070. The van der Waals surface area contributed by atoms with Gasteiger partial charge < -0.3 is 19.4 Å². The Labute approximate surface area is 211 Å². The van der Waals surface area contributed by atoms with Gasteiger partial charge in [-0.05, 0) is 45.2 Å². The SMILES string of the molecule is CCOC(=O)C1CCN(C(=O)CN(C)C(=O)CCN2C(=O)c3ccccc3N3C(=O)CCC23C)CC1. The summed E-state index contributed by atoms with van der Waals surface area (Å²) < 4.78 is 5.07. The van der Waals surface area contributed by atoms with Crippen LogP contribution in [0.1, 0.15) is 56.3 Å². The van der Waals surface area contributed by atoms with Crippen LogP contribution < -0.4 is 4.90 Å². The van der Waals surface area contributed by atoms with Crippen molar-refractivity contribution in [3.05, 3.63) is 29.8 Å². The van der Waals surface area contributed by atoms with Crippen LogP contribution >= 0.6 is 0 Å². The number of likely N-dealkylation sites (tertiary alicyclic amines) is 1. The van der Waals surface area contributed by atoms with Gasteiger partial charge in [-0.3, -0.25) is 28.9 Å². The molecular formula is C26H34N4O6. The molecule has 3 heterocycles. The predicted octanol–water partition coefficient (Wildman–Crippen LogP) is 1.64. The number of para-hydroxylation sites is 1. The molecule has 0 bridgehead atoms. The van der Waals surface area contributed by atoms with Gasteiger partial charge in [0.15, 0.2) is 0 Å². The summed E-state index contributed by atoms with van der Waals surface area (Å²) in [4.78, 5) is 69.9. The second kappa shape index (κ2) is 10.3. The minimum absolute atomic E-state index is 0.0387. The molecular weight excluding hydrogens is 464 g/mol. The van der Waals surface area contributed by atoms with Crippen LogP contribution in [-0.4, -0.2) is 89.8 Å². The summed E-state index contributed by atoms with van der Waals surface area (Å²) in [5.74, 6) is -1.07. The number of carbonyl (C=O) groups is 5. The van der Waals surface area contributed by atoms with Crippen LogP contribution in [0.15, 0.2) is 24.3 Å². The highest BCUT2D eigenvalue weighted by Gasteiger charge is 2.52. The normalized spacial score (nSPS) is 21.8.